The van der Waals surface area contributed by atoms with Crippen molar-refractivity contribution in [1.82, 2.24) is 4.90 Å². The number of amides is 2. The lowest BCUT2D eigenvalue weighted by molar-refractivity contribution is -0.131. The molecule has 0 unspecified atom stereocenters. The van der Waals surface area contributed by atoms with Gasteiger partial charge in [0, 0.05) is 32.6 Å². The van der Waals surface area contributed by atoms with E-state index in [0.717, 1.165) is 0 Å². The summed E-state index contributed by atoms with van der Waals surface area (Å²) in [6.45, 7) is 3.10. The molecule has 0 aromatic heterocycles. The van der Waals surface area contributed by atoms with Crippen molar-refractivity contribution < 1.29 is 27.1 Å². The summed E-state index contributed by atoms with van der Waals surface area (Å²) in [6.07, 6.45) is -0.165. The van der Waals surface area contributed by atoms with Crippen LogP contribution in [0, 0.1) is 5.82 Å². The maximum absolute atomic E-state index is 14.0. The molecule has 2 aromatic rings. The van der Waals surface area contributed by atoms with E-state index in [4.69, 9.17) is 4.74 Å². The van der Waals surface area contributed by atoms with Crippen LogP contribution in [0.2, 0.25) is 0 Å². The molecule has 4 rings (SSSR count). The van der Waals surface area contributed by atoms with Crippen LogP contribution in [0.1, 0.15) is 13.3 Å². The Balaban J connectivity index is 1.39. The largest absolute Gasteiger partial charge is 0.482 e. The van der Waals surface area contributed by atoms with Gasteiger partial charge >= 0.3 is 0 Å². The molecule has 1 atom stereocenters. The van der Waals surface area contributed by atoms with Crippen LogP contribution >= 0.6 is 0 Å². The van der Waals surface area contributed by atoms with Gasteiger partial charge in [-0.05, 0) is 37.3 Å². The van der Waals surface area contributed by atoms with E-state index in [2.05, 4.69) is 5.32 Å². The van der Waals surface area contributed by atoms with Crippen molar-refractivity contribution in [2.75, 3.05) is 43.0 Å². The van der Waals surface area contributed by atoms with Crippen LogP contribution in [0.4, 0.5) is 15.8 Å². The van der Waals surface area contributed by atoms with Crippen molar-refractivity contribution in [3.05, 3.63) is 48.3 Å². The fraction of sp³-hybridized carbons (Fsp3) is 0.364. The van der Waals surface area contributed by atoms with Gasteiger partial charge in [-0.25, -0.2) is 12.8 Å². The number of halogens is 1. The predicted octanol–water partition coefficient (Wildman–Crippen LogP) is 2.06. The van der Waals surface area contributed by atoms with Crippen LogP contribution in [-0.4, -0.2) is 63.2 Å². The predicted molar refractivity (Wildman–Crippen MR) is 117 cm³/mol. The third-order valence-electron chi connectivity index (χ3n) is 5.73. The maximum Gasteiger partial charge on any atom is 0.262 e. The zero-order chi connectivity index (χ0) is 22.9. The normalized spacial score (nSPS) is 17.2. The summed E-state index contributed by atoms with van der Waals surface area (Å²) in [5, 5.41) is 1.64. The summed E-state index contributed by atoms with van der Waals surface area (Å²) in [6, 6.07) is 10.8. The highest BCUT2D eigenvalue weighted by atomic mass is 32.2. The Labute approximate surface area is 185 Å². The number of carbonyl (C=O) groups excluding carboxylic acids is 2. The number of hydrogen-bond acceptors (Lipinski definition) is 6. The lowest BCUT2D eigenvalue weighted by Gasteiger charge is -2.36. The van der Waals surface area contributed by atoms with Gasteiger partial charge in [-0.1, -0.05) is 12.1 Å². The van der Waals surface area contributed by atoms with E-state index in [1.807, 2.05) is 4.90 Å². The summed E-state index contributed by atoms with van der Waals surface area (Å²) in [5.74, 6) is -0.521. The van der Waals surface area contributed by atoms with Gasteiger partial charge in [0.25, 0.3) is 5.91 Å². The fourth-order valence-electron chi connectivity index (χ4n) is 3.86. The van der Waals surface area contributed by atoms with Crippen molar-refractivity contribution in [2.24, 2.45) is 0 Å². The number of sulfone groups is 1. The molecular formula is C22H24FN3O5S. The zero-order valence-electron chi connectivity index (χ0n) is 17.6. The third kappa shape index (κ3) is 4.40. The van der Waals surface area contributed by atoms with Gasteiger partial charge in [0.05, 0.1) is 21.5 Å². The first-order valence-corrected chi connectivity index (χ1v) is 11.9. The maximum atomic E-state index is 14.0. The number of benzene rings is 2. The molecule has 0 saturated carbocycles. The molecule has 10 heteroatoms. The Kier molecular flexibility index (Phi) is 6.05. The monoisotopic (exact) mass is 461 g/mol. The molecule has 2 aromatic carbocycles. The molecule has 1 fully saturated rings. The Morgan fingerprint density at radius 1 is 1.16 bits per heavy atom. The number of rotatable bonds is 5. The molecule has 0 bridgehead atoms. The highest BCUT2D eigenvalue weighted by Crippen LogP contribution is 2.32. The zero-order valence-corrected chi connectivity index (χ0v) is 18.4. The van der Waals surface area contributed by atoms with E-state index in [9.17, 15) is 22.4 Å². The van der Waals surface area contributed by atoms with Gasteiger partial charge in [-0.2, -0.15) is 0 Å². The van der Waals surface area contributed by atoms with Crippen molar-refractivity contribution in [1.29, 1.82) is 0 Å². The molecule has 2 heterocycles. The molecule has 1 saturated heterocycles. The quantitative estimate of drug-likeness (QED) is 0.732. The van der Waals surface area contributed by atoms with Crippen LogP contribution in [0.25, 0.3) is 0 Å². The molecule has 8 nitrogen and oxygen atoms in total. The summed E-state index contributed by atoms with van der Waals surface area (Å²) in [7, 11) is -3.80. The van der Waals surface area contributed by atoms with Gasteiger partial charge in [0.15, 0.2) is 16.4 Å². The second-order valence-electron chi connectivity index (χ2n) is 7.87. The first-order chi connectivity index (χ1) is 15.3. The van der Waals surface area contributed by atoms with E-state index < -0.39 is 15.1 Å². The molecule has 2 amide bonds. The number of fused-ring (bicyclic) bond motifs is 1. The van der Waals surface area contributed by atoms with Crippen LogP contribution in [0.3, 0.4) is 0 Å². The Hall–Kier alpha value is -3.14. The lowest BCUT2D eigenvalue weighted by atomic mass is 10.2. The number of hydrogen-bond donors (Lipinski definition) is 1. The number of carbonyl (C=O) groups is 2. The highest BCUT2D eigenvalue weighted by molar-refractivity contribution is 7.92. The van der Waals surface area contributed by atoms with Crippen LogP contribution in [-0.2, 0) is 19.4 Å². The van der Waals surface area contributed by atoms with E-state index >= 15 is 0 Å². The lowest BCUT2D eigenvalue weighted by Crippen LogP contribution is -2.49. The number of nitrogens with one attached hydrogen (secondary N) is 1. The van der Waals surface area contributed by atoms with Gasteiger partial charge in [0.1, 0.15) is 11.6 Å². The number of para-hydroxylation sites is 1. The van der Waals surface area contributed by atoms with Crippen molar-refractivity contribution in [2.45, 2.75) is 23.5 Å². The Morgan fingerprint density at radius 3 is 2.59 bits per heavy atom. The molecule has 0 spiro atoms. The third-order valence-corrected chi connectivity index (χ3v) is 7.87. The minimum atomic E-state index is -3.80. The second kappa shape index (κ2) is 8.78. The van der Waals surface area contributed by atoms with E-state index in [-0.39, 0.29) is 35.6 Å². The molecule has 2 aliphatic heterocycles. The summed E-state index contributed by atoms with van der Waals surface area (Å²) < 4.78 is 45.3. The fourth-order valence-corrected chi connectivity index (χ4v) is 5.23. The van der Waals surface area contributed by atoms with E-state index in [1.165, 1.54) is 31.2 Å². The first kappa shape index (κ1) is 22.1. The molecule has 170 valence electrons. The minimum absolute atomic E-state index is 0.0201. The van der Waals surface area contributed by atoms with Gasteiger partial charge in [-0.3, -0.25) is 9.59 Å². The van der Waals surface area contributed by atoms with Crippen molar-refractivity contribution in [3.8, 4) is 5.75 Å². The topological polar surface area (TPSA) is 96.0 Å². The average molecular weight is 462 g/mol. The summed E-state index contributed by atoms with van der Waals surface area (Å²) in [5.41, 5.74) is 0.796. The molecule has 1 N–H and O–H groups in total. The Bertz CT molecular complexity index is 1150. The van der Waals surface area contributed by atoms with Crippen molar-refractivity contribution in [3.63, 3.8) is 0 Å². The van der Waals surface area contributed by atoms with E-state index in [1.54, 1.807) is 23.1 Å². The summed E-state index contributed by atoms with van der Waals surface area (Å²) >= 11 is 0. The van der Waals surface area contributed by atoms with E-state index in [0.29, 0.717) is 43.3 Å². The molecule has 0 aliphatic carbocycles. The van der Waals surface area contributed by atoms with Gasteiger partial charge < -0.3 is 19.9 Å². The number of piperazine rings is 1. The number of ether oxygens (including phenoxy) is 1. The standard InChI is InChI=1S/C22H24FN3O5S/c1-15(32(29,30)16-6-7-20-18(13-16)24-21(27)14-31-20)12-22(28)26-10-8-25(9-11-26)19-5-3-2-4-17(19)23/h2-7,13,15H,8-12,14H2,1H3,(H,24,27)/t15-/m1/s1. The van der Waals surface area contributed by atoms with Crippen molar-refractivity contribution >= 4 is 33.0 Å². The molecular weight excluding hydrogens is 437 g/mol. The van der Waals surface area contributed by atoms with Crippen LogP contribution < -0.4 is 15.0 Å². The molecule has 32 heavy (non-hydrogen) atoms. The smallest absolute Gasteiger partial charge is 0.262 e. The number of anilines is 2. The Morgan fingerprint density at radius 2 is 1.88 bits per heavy atom. The van der Waals surface area contributed by atoms with Crippen LogP contribution in [0.15, 0.2) is 47.4 Å². The highest BCUT2D eigenvalue weighted by Gasteiger charge is 2.30. The molecule has 2 aliphatic rings. The first-order valence-electron chi connectivity index (χ1n) is 10.3. The minimum Gasteiger partial charge on any atom is -0.482 e. The van der Waals surface area contributed by atoms with Gasteiger partial charge in [-0.15, -0.1) is 0 Å². The second-order valence-corrected chi connectivity index (χ2v) is 10.2. The SMILES string of the molecule is C[C@H](CC(=O)N1CCN(c2ccccc2F)CC1)S(=O)(=O)c1ccc2c(c1)NC(=O)CO2. The number of nitrogens with zero attached hydrogens (tertiary/aromatic N) is 2. The summed E-state index contributed by atoms with van der Waals surface area (Å²) in [4.78, 5) is 27.8. The van der Waals surface area contributed by atoms with Crippen LogP contribution in [0.5, 0.6) is 5.75 Å². The average Bonchev–Trinajstić information content (AvgIpc) is 2.79. The molecule has 0 radical (unpaired) electrons. The van der Waals surface area contributed by atoms with Gasteiger partial charge in [0.2, 0.25) is 5.91 Å².